The SMILES string of the molecule is O=C(NCc1ccc2c(c1)OCO2)c1cccc(NC(=O)N2CCSc3ncccc32)c1. The minimum Gasteiger partial charge on any atom is -0.454 e. The highest BCUT2D eigenvalue weighted by Gasteiger charge is 2.24. The molecule has 0 saturated carbocycles. The number of hydrogen-bond acceptors (Lipinski definition) is 6. The summed E-state index contributed by atoms with van der Waals surface area (Å²) in [4.78, 5) is 31.5. The Morgan fingerprint density at radius 3 is 2.91 bits per heavy atom. The van der Waals surface area contributed by atoms with Gasteiger partial charge in [-0.2, -0.15) is 0 Å². The van der Waals surface area contributed by atoms with Crippen LogP contribution in [0.4, 0.5) is 16.2 Å². The highest BCUT2D eigenvalue weighted by atomic mass is 32.2. The molecule has 0 fully saturated rings. The van der Waals surface area contributed by atoms with E-state index in [4.69, 9.17) is 9.47 Å². The maximum atomic E-state index is 12.9. The molecule has 0 aliphatic carbocycles. The zero-order chi connectivity index (χ0) is 21.9. The molecule has 8 nitrogen and oxygen atoms in total. The summed E-state index contributed by atoms with van der Waals surface area (Å²) in [5, 5.41) is 6.62. The first-order valence-electron chi connectivity index (χ1n) is 10.1. The van der Waals surface area contributed by atoms with Gasteiger partial charge in [0.1, 0.15) is 5.03 Å². The number of carbonyl (C=O) groups is 2. The third kappa shape index (κ3) is 4.19. The second-order valence-electron chi connectivity index (χ2n) is 7.21. The third-order valence-electron chi connectivity index (χ3n) is 5.11. The Kier molecular flexibility index (Phi) is 5.55. The summed E-state index contributed by atoms with van der Waals surface area (Å²) in [6.45, 7) is 1.15. The zero-order valence-corrected chi connectivity index (χ0v) is 17.9. The normalized spacial score (nSPS) is 13.9. The summed E-state index contributed by atoms with van der Waals surface area (Å²) in [5.74, 6) is 1.92. The molecule has 3 aromatic rings. The van der Waals surface area contributed by atoms with Gasteiger partial charge in [-0.3, -0.25) is 9.69 Å². The van der Waals surface area contributed by atoms with Crippen LogP contribution in [0.5, 0.6) is 11.5 Å². The summed E-state index contributed by atoms with van der Waals surface area (Å²) in [6, 6.07) is 15.9. The number of nitrogens with zero attached hydrogens (tertiary/aromatic N) is 2. The number of anilines is 2. The Bertz CT molecular complexity index is 1190. The van der Waals surface area contributed by atoms with E-state index < -0.39 is 0 Å². The lowest BCUT2D eigenvalue weighted by Crippen LogP contribution is -2.38. The minimum atomic E-state index is -0.252. The monoisotopic (exact) mass is 448 g/mol. The molecule has 0 atom stereocenters. The van der Waals surface area contributed by atoms with Gasteiger partial charge in [-0.05, 0) is 48.0 Å². The van der Waals surface area contributed by atoms with Crippen LogP contribution in [-0.2, 0) is 6.54 Å². The number of fused-ring (bicyclic) bond motifs is 2. The summed E-state index contributed by atoms with van der Waals surface area (Å²) in [5.41, 5.74) is 2.70. The minimum absolute atomic E-state index is 0.210. The molecule has 2 N–H and O–H groups in total. The van der Waals surface area contributed by atoms with Gasteiger partial charge in [-0.25, -0.2) is 9.78 Å². The lowest BCUT2D eigenvalue weighted by Gasteiger charge is -2.28. The molecular weight excluding hydrogens is 428 g/mol. The first-order chi connectivity index (χ1) is 15.7. The van der Waals surface area contributed by atoms with Crippen molar-refractivity contribution in [1.29, 1.82) is 0 Å². The molecule has 2 aliphatic heterocycles. The second-order valence-corrected chi connectivity index (χ2v) is 8.29. The number of nitrogens with one attached hydrogen (secondary N) is 2. The summed E-state index contributed by atoms with van der Waals surface area (Å²) < 4.78 is 10.7. The van der Waals surface area contributed by atoms with Gasteiger partial charge in [-0.1, -0.05) is 12.1 Å². The smallest absolute Gasteiger partial charge is 0.326 e. The Hall–Kier alpha value is -3.72. The molecule has 3 amide bonds. The molecule has 0 spiro atoms. The maximum absolute atomic E-state index is 12.9. The molecule has 2 aromatic carbocycles. The van der Waals surface area contributed by atoms with Crippen LogP contribution in [0.25, 0.3) is 0 Å². The molecule has 162 valence electrons. The number of benzene rings is 2. The maximum Gasteiger partial charge on any atom is 0.326 e. The van der Waals surface area contributed by atoms with Crippen molar-refractivity contribution in [2.24, 2.45) is 0 Å². The highest BCUT2D eigenvalue weighted by molar-refractivity contribution is 7.99. The fraction of sp³-hybridized carbons (Fsp3) is 0.174. The van der Waals surface area contributed by atoms with Gasteiger partial charge in [-0.15, -0.1) is 11.8 Å². The number of hydrogen-bond donors (Lipinski definition) is 2. The van der Waals surface area contributed by atoms with Crippen molar-refractivity contribution in [2.45, 2.75) is 11.6 Å². The van der Waals surface area contributed by atoms with Gasteiger partial charge in [0.2, 0.25) is 6.79 Å². The van der Waals surface area contributed by atoms with E-state index in [9.17, 15) is 9.59 Å². The van der Waals surface area contributed by atoms with E-state index in [-0.39, 0.29) is 18.7 Å². The first kappa shape index (κ1) is 20.2. The molecular formula is C23H20N4O4S. The van der Waals surface area contributed by atoms with Gasteiger partial charge in [0.15, 0.2) is 11.5 Å². The zero-order valence-electron chi connectivity index (χ0n) is 17.0. The van der Waals surface area contributed by atoms with Crippen LogP contribution in [0.2, 0.25) is 0 Å². The molecule has 3 heterocycles. The van der Waals surface area contributed by atoms with Crippen LogP contribution >= 0.6 is 11.8 Å². The summed E-state index contributed by atoms with van der Waals surface area (Å²) in [7, 11) is 0. The number of urea groups is 1. The van der Waals surface area contributed by atoms with Crippen molar-refractivity contribution >= 4 is 35.1 Å². The van der Waals surface area contributed by atoms with Gasteiger partial charge in [0, 0.05) is 36.3 Å². The molecule has 0 unspecified atom stereocenters. The van der Waals surface area contributed by atoms with Gasteiger partial charge < -0.3 is 20.1 Å². The van der Waals surface area contributed by atoms with Crippen molar-refractivity contribution in [3.8, 4) is 11.5 Å². The average molecular weight is 449 g/mol. The van der Waals surface area contributed by atoms with Crippen molar-refractivity contribution in [3.63, 3.8) is 0 Å². The molecule has 0 radical (unpaired) electrons. The number of pyridine rings is 1. The number of carbonyl (C=O) groups excluding carboxylic acids is 2. The van der Waals surface area contributed by atoms with Crippen LogP contribution in [0.15, 0.2) is 65.8 Å². The number of rotatable bonds is 4. The molecule has 2 aliphatic rings. The quantitative estimate of drug-likeness (QED) is 0.629. The Labute approximate surface area is 188 Å². The summed E-state index contributed by atoms with van der Waals surface area (Å²) >= 11 is 1.63. The van der Waals surface area contributed by atoms with E-state index in [1.807, 2.05) is 30.3 Å². The lowest BCUT2D eigenvalue weighted by molar-refractivity contribution is 0.0951. The number of aromatic nitrogens is 1. The lowest BCUT2D eigenvalue weighted by atomic mass is 10.1. The van der Waals surface area contributed by atoms with Crippen molar-refractivity contribution in [2.75, 3.05) is 29.3 Å². The van der Waals surface area contributed by atoms with Gasteiger partial charge in [0.25, 0.3) is 5.91 Å². The van der Waals surface area contributed by atoms with E-state index >= 15 is 0 Å². The molecule has 9 heteroatoms. The molecule has 0 bridgehead atoms. The Morgan fingerprint density at radius 2 is 1.97 bits per heavy atom. The van der Waals surface area contributed by atoms with E-state index in [0.29, 0.717) is 35.8 Å². The fourth-order valence-electron chi connectivity index (χ4n) is 3.53. The second kappa shape index (κ2) is 8.80. The van der Waals surface area contributed by atoms with Gasteiger partial charge >= 0.3 is 6.03 Å². The largest absolute Gasteiger partial charge is 0.454 e. The van der Waals surface area contributed by atoms with Crippen molar-refractivity contribution in [3.05, 3.63) is 71.9 Å². The number of ether oxygens (including phenoxy) is 2. The molecule has 1 aromatic heterocycles. The Morgan fingerprint density at radius 1 is 1.06 bits per heavy atom. The Balaban J connectivity index is 1.23. The third-order valence-corrected chi connectivity index (χ3v) is 6.08. The first-order valence-corrected chi connectivity index (χ1v) is 11.1. The van der Waals surface area contributed by atoms with Crippen LogP contribution in [0.1, 0.15) is 15.9 Å². The number of amides is 3. The molecule has 5 rings (SSSR count). The van der Waals surface area contributed by atoms with Crippen LogP contribution in [0.3, 0.4) is 0 Å². The number of thioether (sulfide) groups is 1. The van der Waals surface area contributed by atoms with Crippen molar-refractivity contribution < 1.29 is 19.1 Å². The van der Waals surface area contributed by atoms with Crippen LogP contribution in [0, 0.1) is 0 Å². The molecule has 0 saturated heterocycles. The van der Waals surface area contributed by atoms with E-state index in [2.05, 4.69) is 15.6 Å². The van der Waals surface area contributed by atoms with E-state index in [1.165, 1.54) is 0 Å². The topological polar surface area (TPSA) is 92.8 Å². The van der Waals surface area contributed by atoms with E-state index in [0.717, 1.165) is 22.0 Å². The summed E-state index contributed by atoms with van der Waals surface area (Å²) in [6.07, 6.45) is 1.72. The van der Waals surface area contributed by atoms with E-state index in [1.54, 1.807) is 47.1 Å². The fourth-order valence-corrected chi connectivity index (χ4v) is 4.46. The van der Waals surface area contributed by atoms with Crippen LogP contribution < -0.4 is 25.0 Å². The average Bonchev–Trinajstić information content (AvgIpc) is 3.30. The van der Waals surface area contributed by atoms with Gasteiger partial charge in [0.05, 0.1) is 5.69 Å². The van der Waals surface area contributed by atoms with Crippen LogP contribution in [-0.4, -0.2) is 36.0 Å². The van der Waals surface area contributed by atoms with Crippen molar-refractivity contribution in [1.82, 2.24) is 10.3 Å². The predicted molar refractivity (Wildman–Crippen MR) is 122 cm³/mol. The predicted octanol–water partition coefficient (Wildman–Crippen LogP) is 3.88. The highest BCUT2D eigenvalue weighted by Crippen LogP contribution is 2.33. The molecule has 32 heavy (non-hydrogen) atoms. The standard InChI is InChI=1S/C23H20N4O4S/c28-21(25-13-15-6-7-19-20(11-15)31-14-30-19)16-3-1-4-17(12-16)26-23(29)27-9-10-32-22-18(27)5-2-8-24-22/h1-8,11-12H,9-10,13-14H2,(H,25,28)(H,26,29).